The standard InChI is InChI=1S/C16H12ClF3N2O3/c1-9-4-2-3-5-11(9)21-14(23)22-16(15(18,19)20)24-12-7-6-10(17)8-13(12)25-16/h2-8H,1H3,(H2,21,22,23)/t16-/m1/s1. The molecule has 0 saturated carbocycles. The number of amides is 2. The van der Waals surface area contributed by atoms with Crippen molar-refractivity contribution >= 4 is 23.3 Å². The molecule has 0 radical (unpaired) electrons. The van der Waals surface area contributed by atoms with Gasteiger partial charge in [0.05, 0.1) is 0 Å². The molecule has 0 bridgehead atoms. The maximum Gasteiger partial charge on any atom is 0.492 e. The van der Waals surface area contributed by atoms with Crippen LogP contribution in [-0.2, 0) is 0 Å². The molecular formula is C16H12ClF3N2O3. The Hall–Kier alpha value is -2.61. The van der Waals surface area contributed by atoms with Crippen LogP contribution >= 0.6 is 11.6 Å². The van der Waals surface area contributed by atoms with Crippen LogP contribution in [0.25, 0.3) is 0 Å². The van der Waals surface area contributed by atoms with Crippen molar-refractivity contribution in [2.45, 2.75) is 19.0 Å². The lowest BCUT2D eigenvalue weighted by atomic mass is 10.2. The van der Waals surface area contributed by atoms with Crippen LogP contribution in [0.3, 0.4) is 0 Å². The van der Waals surface area contributed by atoms with E-state index in [-0.39, 0.29) is 16.5 Å². The fraction of sp³-hybridized carbons (Fsp3) is 0.188. The maximum atomic E-state index is 13.5. The summed E-state index contributed by atoms with van der Waals surface area (Å²) in [4.78, 5) is 12.1. The van der Waals surface area contributed by atoms with Gasteiger partial charge in [-0.3, -0.25) is 5.32 Å². The third-order valence-electron chi connectivity index (χ3n) is 3.46. The van der Waals surface area contributed by atoms with E-state index in [1.807, 2.05) is 0 Å². The van der Waals surface area contributed by atoms with Crippen molar-refractivity contribution in [1.82, 2.24) is 5.32 Å². The van der Waals surface area contributed by atoms with Gasteiger partial charge >= 0.3 is 18.1 Å². The topological polar surface area (TPSA) is 59.6 Å². The van der Waals surface area contributed by atoms with Crippen LogP contribution in [0, 0.1) is 6.92 Å². The molecule has 9 heteroatoms. The number of carbonyl (C=O) groups excluding carboxylic acids is 1. The Kier molecular flexibility index (Phi) is 4.16. The van der Waals surface area contributed by atoms with E-state index < -0.39 is 18.1 Å². The van der Waals surface area contributed by atoms with Gasteiger partial charge in [0.15, 0.2) is 11.5 Å². The average molecular weight is 373 g/mol. The molecule has 132 valence electrons. The van der Waals surface area contributed by atoms with E-state index in [9.17, 15) is 18.0 Å². The molecule has 0 saturated heterocycles. The number of benzene rings is 2. The van der Waals surface area contributed by atoms with Gasteiger partial charge in [0.25, 0.3) is 0 Å². The first-order chi connectivity index (χ1) is 11.7. The molecule has 0 aliphatic carbocycles. The first kappa shape index (κ1) is 17.2. The number of nitrogens with one attached hydrogen (secondary N) is 2. The zero-order chi connectivity index (χ0) is 18.2. The average Bonchev–Trinajstić information content (AvgIpc) is 2.87. The summed E-state index contributed by atoms with van der Waals surface area (Å²) in [7, 11) is 0. The number of rotatable bonds is 2. The van der Waals surface area contributed by atoms with Crippen molar-refractivity contribution in [2.24, 2.45) is 0 Å². The summed E-state index contributed by atoms with van der Waals surface area (Å²) in [5, 5.41) is 4.22. The highest BCUT2D eigenvalue weighted by molar-refractivity contribution is 6.30. The van der Waals surface area contributed by atoms with Crippen molar-refractivity contribution in [1.29, 1.82) is 0 Å². The van der Waals surface area contributed by atoms with Crippen molar-refractivity contribution in [3.8, 4) is 11.5 Å². The minimum Gasteiger partial charge on any atom is -0.424 e. The first-order valence-electron chi connectivity index (χ1n) is 7.09. The Morgan fingerprint density at radius 2 is 1.80 bits per heavy atom. The van der Waals surface area contributed by atoms with Crippen LogP contribution in [-0.4, -0.2) is 18.1 Å². The van der Waals surface area contributed by atoms with Crippen molar-refractivity contribution < 1.29 is 27.4 Å². The van der Waals surface area contributed by atoms with Crippen LogP contribution in [0.1, 0.15) is 5.56 Å². The van der Waals surface area contributed by atoms with E-state index in [1.165, 1.54) is 18.2 Å². The van der Waals surface area contributed by atoms with Crippen LogP contribution in [0.4, 0.5) is 23.7 Å². The Morgan fingerprint density at radius 1 is 1.12 bits per heavy atom. The summed E-state index contributed by atoms with van der Waals surface area (Å²) in [6.45, 7) is 1.70. The maximum absolute atomic E-state index is 13.5. The second-order valence-electron chi connectivity index (χ2n) is 5.30. The van der Waals surface area contributed by atoms with Crippen LogP contribution in [0.2, 0.25) is 5.02 Å². The normalized spacial score (nSPS) is 18.8. The highest BCUT2D eigenvalue weighted by Crippen LogP contribution is 2.46. The molecule has 25 heavy (non-hydrogen) atoms. The summed E-state index contributed by atoms with van der Waals surface area (Å²) in [6, 6.07) is 9.25. The number of fused-ring (bicyclic) bond motifs is 1. The number of aryl methyl sites for hydroxylation is 1. The number of halogens is 4. The lowest BCUT2D eigenvalue weighted by Crippen LogP contribution is -2.65. The molecule has 2 N–H and O–H groups in total. The summed E-state index contributed by atoms with van der Waals surface area (Å²) >= 11 is 5.74. The molecular weight excluding hydrogens is 361 g/mol. The lowest BCUT2D eigenvalue weighted by molar-refractivity contribution is -0.317. The van der Waals surface area contributed by atoms with E-state index in [1.54, 1.807) is 36.5 Å². The van der Waals surface area contributed by atoms with Gasteiger partial charge in [-0.15, -0.1) is 0 Å². The van der Waals surface area contributed by atoms with E-state index in [0.717, 1.165) is 0 Å². The van der Waals surface area contributed by atoms with E-state index >= 15 is 0 Å². The molecule has 2 amide bonds. The van der Waals surface area contributed by atoms with Gasteiger partial charge < -0.3 is 14.8 Å². The fourth-order valence-electron chi connectivity index (χ4n) is 2.23. The molecule has 0 aromatic heterocycles. The van der Waals surface area contributed by atoms with E-state index in [2.05, 4.69) is 5.32 Å². The third kappa shape index (κ3) is 3.30. The Morgan fingerprint density at radius 3 is 2.48 bits per heavy atom. The van der Waals surface area contributed by atoms with Gasteiger partial charge in [0.2, 0.25) is 0 Å². The monoisotopic (exact) mass is 372 g/mol. The Bertz CT molecular complexity index is 829. The summed E-state index contributed by atoms with van der Waals surface area (Å²) in [5.74, 6) is -3.74. The second kappa shape index (κ2) is 6.03. The van der Waals surface area contributed by atoms with Crippen molar-refractivity contribution in [3.05, 3.63) is 53.1 Å². The Balaban J connectivity index is 1.84. The molecule has 1 aliphatic rings. The largest absolute Gasteiger partial charge is 0.492 e. The number of ether oxygens (including phenoxy) is 2. The van der Waals surface area contributed by atoms with Crippen molar-refractivity contribution in [2.75, 3.05) is 5.32 Å². The number of carbonyl (C=O) groups is 1. The number of anilines is 1. The van der Waals surface area contributed by atoms with Gasteiger partial charge in [-0.25, -0.2) is 4.79 Å². The first-order valence-corrected chi connectivity index (χ1v) is 7.47. The number of alkyl halides is 3. The molecule has 0 fully saturated rings. The highest BCUT2D eigenvalue weighted by atomic mass is 35.5. The van der Waals surface area contributed by atoms with E-state index in [4.69, 9.17) is 21.1 Å². The highest BCUT2D eigenvalue weighted by Gasteiger charge is 2.65. The summed E-state index contributed by atoms with van der Waals surface area (Å²) < 4.78 is 50.4. The van der Waals surface area contributed by atoms with Gasteiger partial charge in [-0.05, 0) is 30.7 Å². The van der Waals surface area contributed by atoms with Gasteiger partial charge in [0.1, 0.15) is 0 Å². The molecule has 1 aliphatic heterocycles. The van der Waals surface area contributed by atoms with Crippen LogP contribution < -0.4 is 20.1 Å². The number of hydrogen-bond acceptors (Lipinski definition) is 3. The summed E-state index contributed by atoms with van der Waals surface area (Å²) in [6.07, 6.45) is -5.04. The third-order valence-corrected chi connectivity index (χ3v) is 3.69. The molecule has 0 spiro atoms. The second-order valence-corrected chi connectivity index (χ2v) is 5.74. The number of urea groups is 1. The van der Waals surface area contributed by atoms with Gasteiger partial charge in [-0.2, -0.15) is 13.2 Å². The van der Waals surface area contributed by atoms with Gasteiger partial charge in [0, 0.05) is 16.8 Å². The lowest BCUT2D eigenvalue weighted by Gasteiger charge is -2.29. The van der Waals surface area contributed by atoms with Crippen molar-refractivity contribution in [3.63, 3.8) is 0 Å². The zero-order valence-corrected chi connectivity index (χ0v) is 13.5. The molecule has 3 rings (SSSR count). The molecule has 1 heterocycles. The minimum atomic E-state index is -5.04. The predicted octanol–water partition coefficient (Wildman–Crippen LogP) is 4.46. The predicted molar refractivity (Wildman–Crippen MR) is 84.8 cm³/mol. The molecule has 2 aromatic carbocycles. The quantitative estimate of drug-likeness (QED) is 0.818. The molecule has 2 aromatic rings. The SMILES string of the molecule is Cc1ccccc1NC(=O)N[C@]1(C(F)(F)F)Oc2ccc(Cl)cc2O1. The molecule has 0 unspecified atom stereocenters. The minimum absolute atomic E-state index is 0.171. The van der Waals surface area contributed by atoms with Crippen LogP contribution in [0.5, 0.6) is 11.5 Å². The Labute approximate surface area is 145 Å². The smallest absolute Gasteiger partial charge is 0.424 e. The molecule has 1 atom stereocenters. The van der Waals surface area contributed by atoms with Gasteiger partial charge in [-0.1, -0.05) is 29.8 Å². The zero-order valence-electron chi connectivity index (χ0n) is 12.8. The molecule has 5 nitrogen and oxygen atoms in total. The van der Waals surface area contributed by atoms with Crippen LogP contribution in [0.15, 0.2) is 42.5 Å². The fourth-order valence-corrected chi connectivity index (χ4v) is 2.39. The number of para-hydroxylation sites is 1. The number of hydrogen-bond donors (Lipinski definition) is 2. The van der Waals surface area contributed by atoms with E-state index in [0.29, 0.717) is 11.3 Å². The summed E-state index contributed by atoms with van der Waals surface area (Å²) in [5.41, 5.74) is 1.04.